The van der Waals surface area contributed by atoms with Gasteiger partial charge in [0.05, 0.1) is 11.9 Å². The van der Waals surface area contributed by atoms with Gasteiger partial charge in [-0.1, -0.05) is 37.3 Å². The molecule has 0 unspecified atom stereocenters. The van der Waals surface area contributed by atoms with Gasteiger partial charge in [-0.2, -0.15) is 0 Å². The van der Waals surface area contributed by atoms with E-state index >= 15 is 0 Å². The molecule has 1 saturated heterocycles. The molecule has 8 heteroatoms. The first-order chi connectivity index (χ1) is 15.2. The Morgan fingerprint density at radius 2 is 1.94 bits per heavy atom. The molecular formula is C23H29N5O2S. The number of benzene rings is 1. The Balaban J connectivity index is 1.59. The molecule has 3 heterocycles. The number of nitrogens with zero attached hydrogens (tertiary/aromatic N) is 4. The zero-order chi connectivity index (χ0) is 21.6. The van der Waals surface area contributed by atoms with Crippen molar-refractivity contribution in [2.24, 2.45) is 0 Å². The van der Waals surface area contributed by atoms with Crippen LogP contribution in [0.5, 0.6) is 0 Å². The van der Waals surface area contributed by atoms with Crippen LogP contribution in [0.15, 0.2) is 35.7 Å². The highest BCUT2D eigenvalue weighted by atomic mass is 32.1. The molecule has 0 radical (unpaired) electrons. The summed E-state index contributed by atoms with van der Waals surface area (Å²) in [6.45, 7) is 6.95. The van der Waals surface area contributed by atoms with E-state index in [1.807, 2.05) is 6.07 Å². The second-order valence-corrected chi connectivity index (χ2v) is 8.56. The first-order valence-electron chi connectivity index (χ1n) is 10.8. The summed E-state index contributed by atoms with van der Waals surface area (Å²) in [6.07, 6.45) is 0.956. The molecule has 0 spiro atoms. The van der Waals surface area contributed by atoms with Gasteiger partial charge in [-0.15, -0.1) is 11.3 Å². The molecule has 31 heavy (non-hydrogen) atoms. The van der Waals surface area contributed by atoms with Crippen molar-refractivity contribution in [2.75, 3.05) is 51.3 Å². The van der Waals surface area contributed by atoms with E-state index in [4.69, 9.17) is 14.7 Å². The molecule has 7 nitrogen and oxygen atoms in total. The molecule has 0 bridgehead atoms. The number of ether oxygens (including phenoxy) is 1. The highest BCUT2D eigenvalue weighted by Crippen LogP contribution is 2.38. The molecule has 0 saturated carbocycles. The van der Waals surface area contributed by atoms with Crippen molar-refractivity contribution in [3.63, 3.8) is 0 Å². The molecule has 0 atom stereocenters. The third kappa shape index (κ3) is 5.03. The van der Waals surface area contributed by atoms with Gasteiger partial charge in [0.2, 0.25) is 5.91 Å². The Morgan fingerprint density at radius 1 is 1.16 bits per heavy atom. The lowest BCUT2D eigenvalue weighted by Crippen LogP contribution is -2.49. The fraction of sp³-hybridized carbons (Fsp3) is 0.435. The molecule has 2 aromatic heterocycles. The normalized spacial score (nSPS) is 14.8. The third-order valence-electron chi connectivity index (χ3n) is 5.43. The van der Waals surface area contributed by atoms with Gasteiger partial charge in [-0.05, 0) is 12.0 Å². The summed E-state index contributed by atoms with van der Waals surface area (Å²) < 4.78 is 5.31. The van der Waals surface area contributed by atoms with E-state index in [1.165, 1.54) is 11.1 Å². The van der Waals surface area contributed by atoms with E-state index in [1.54, 1.807) is 18.4 Å². The van der Waals surface area contributed by atoms with E-state index in [-0.39, 0.29) is 5.91 Å². The van der Waals surface area contributed by atoms with Crippen molar-refractivity contribution < 1.29 is 9.53 Å². The Labute approximate surface area is 187 Å². The van der Waals surface area contributed by atoms with Gasteiger partial charge >= 0.3 is 0 Å². The number of carbonyl (C=O) groups excluding carboxylic acids is 1. The number of thiophene rings is 1. The third-order valence-corrected chi connectivity index (χ3v) is 6.30. The standard InChI is InChI=1S/C23H29N5O2S/c1-3-9-24-20(29)14-27-10-12-28(13-11-27)22-21-18(17-7-5-4-6-8-17)16-31-23(21)26-19(25-22)15-30-2/h4-8,16H,3,9-15H2,1-2H3,(H,24,29). The van der Waals surface area contributed by atoms with Gasteiger partial charge in [0.25, 0.3) is 0 Å². The minimum Gasteiger partial charge on any atom is -0.377 e. The summed E-state index contributed by atoms with van der Waals surface area (Å²) in [7, 11) is 1.67. The molecule has 3 aromatic rings. The van der Waals surface area contributed by atoms with Crippen LogP contribution in [0.1, 0.15) is 19.2 Å². The van der Waals surface area contributed by atoms with Crippen LogP contribution in [0.4, 0.5) is 5.82 Å². The van der Waals surface area contributed by atoms with Crippen LogP contribution in [-0.4, -0.2) is 67.2 Å². The number of nitrogens with one attached hydrogen (secondary N) is 1. The second-order valence-electron chi connectivity index (χ2n) is 7.71. The zero-order valence-corrected chi connectivity index (χ0v) is 19.0. The number of anilines is 1. The number of hydrogen-bond acceptors (Lipinski definition) is 7. The summed E-state index contributed by atoms with van der Waals surface area (Å²) in [5, 5.41) is 6.23. The monoisotopic (exact) mass is 439 g/mol. The number of carbonyl (C=O) groups is 1. The van der Waals surface area contributed by atoms with E-state index < -0.39 is 0 Å². The predicted octanol–water partition coefficient (Wildman–Crippen LogP) is 3.15. The van der Waals surface area contributed by atoms with Gasteiger partial charge in [-0.25, -0.2) is 9.97 Å². The molecule has 0 aliphatic carbocycles. The first kappa shape index (κ1) is 21.7. The van der Waals surface area contributed by atoms with Crippen molar-refractivity contribution in [2.45, 2.75) is 20.0 Å². The van der Waals surface area contributed by atoms with E-state index in [0.29, 0.717) is 19.0 Å². The minimum atomic E-state index is 0.103. The van der Waals surface area contributed by atoms with Crippen molar-refractivity contribution >= 4 is 33.3 Å². The van der Waals surface area contributed by atoms with E-state index in [9.17, 15) is 4.79 Å². The number of aromatic nitrogens is 2. The Kier molecular flexibility index (Phi) is 7.11. The summed E-state index contributed by atoms with van der Waals surface area (Å²) >= 11 is 1.65. The lowest BCUT2D eigenvalue weighted by Gasteiger charge is -2.35. The van der Waals surface area contributed by atoms with Crippen LogP contribution in [0, 0.1) is 0 Å². The highest BCUT2D eigenvalue weighted by Gasteiger charge is 2.24. The van der Waals surface area contributed by atoms with Crippen LogP contribution in [-0.2, 0) is 16.1 Å². The molecule has 1 aromatic carbocycles. The summed E-state index contributed by atoms with van der Waals surface area (Å²) in [5.41, 5.74) is 2.34. The summed E-state index contributed by atoms with van der Waals surface area (Å²) in [4.78, 5) is 27.2. The lowest BCUT2D eigenvalue weighted by atomic mass is 10.1. The van der Waals surface area contributed by atoms with Crippen molar-refractivity contribution in [3.05, 3.63) is 41.5 Å². The summed E-state index contributed by atoms with van der Waals surface area (Å²) in [5.74, 6) is 1.77. The van der Waals surface area contributed by atoms with Crippen LogP contribution >= 0.6 is 11.3 Å². The molecule has 1 fully saturated rings. The Hall–Kier alpha value is -2.55. The minimum absolute atomic E-state index is 0.103. The molecular weight excluding hydrogens is 410 g/mol. The molecule has 1 N–H and O–H groups in total. The largest absolute Gasteiger partial charge is 0.377 e. The maximum absolute atomic E-state index is 12.1. The first-order valence-corrected chi connectivity index (χ1v) is 11.6. The average molecular weight is 440 g/mol. The molecule has 164 valence electrons. The number of piperazine rings is 1. The van der Waals surface area contributed by atoms with Gasteiger partial charge in [0.15, 0.2) is 5.82 Å². The maximum atomic E-state index is 12.1. The van der Waals surface area contributed by atoms with Crippen LogP contribution in [0.25, 0.3) is 21.3 Å². The summed E-state index contributed by atoms with van der Waals surface area (Å²) in [6, 6.07) is 10.4. The number of fused-ring (bicyclic) bond motifs is 1. The Bertz CT molecular complexity index is 1020. The smallest absolute Gasteiger partial charge is 0.234 e. The van der Waals surface area contributed by atoms with Crippen LogP contribution in [0.3, 0.4) is 0 Å². The van der Waals surface area contributed by atoms with Gasteiger partial charge in [0.1, 0.15) is 17.3 Å². The van der Waals surface area contributed by atoms with Crippen LogP contribution < -0.4 is 10.2 Å². The molecule has 1 amide bonds. The zero-order valence-electron chi connectivity index (χ0n) is 18.1. The molecule has 1 aliphatic heterocycles. The van der Waals surface area contributed by atoms with Gasteiger partial charge < -0.3 is 15.0 Å². The van der Waals surface area contributed by atoms with Gasteiger partial charge in [0, 0.05) is 50.8 Å². The second kappa shape index (κ2) is 10.2. The van der Waals surface area contributed by atoms with Gasteiger partial charge in [-0.3, -0.25) is 9.69 Å². The highest BCUT2D eigenvalue weighted by molar-refractivity contribution is 7.17. The van der Waals surface area contributed by atoms with Crippen LogP contribution in [0.2, 0.25) is 0 Å². The van der Waals surface area contributed by atoms with Crippen molar-refractivity contribution in [1.82, 2.24) is 20.2 Å². The van der Waals surface area contributed by atoms with E-state index in [0.717, 1.165) is 55.2 Å². The lowest BCUT2D eigenvalue weighted by molar-refractivity contribution is -0.122. The fourth-order valence-corrected chi connectivity index (χ4v) is 4.82. The number of methoxy groups -OCH3 is 1. The van der Waals surface area contributed by atoms with Crippen molar-refractivity contribution in [1.29, 1.82) is 0 Å². The molecule has 4 rings (SSSR count). The maximum Gasteiger partial charge on any atom is 0.234 e. The van der Waals surface area contributed by atoms with Crippen molar-refractivity contribution in [3.8, 4) is 11.1 Å². The number of rotatable bonds is 8. The Morgan fingerprint density at radius 3 is 2.65 bits per heavy atom. The van der Waals surface area contributed by atoms with E-state index in [2.05, 4.69) is 51.7 Å². The fourth-order valence-electron chi connectivity index (χ4n) is 3.86. The SMILES string of the molecule is CCCNC(=O)CN1CCN(c2nc(COC)nc3scc(-c4ccccc4)c23)CC1. The number of amides is 1. The predicted molar refractivity (Wildman–Crippen MR) is 126 cm³/mol. The molecule has 1 aliphatic rings. The quantitative estimate of drug-likeness (QED) is 0.581. The average Bonchev–Trinajstić information content (AvgIpc) is 3.22. The number of hydrogen-bond donors (Lipinski definition) is 1. The topological polar surface area (TPSA) is 70.6 Å².